The van der Waals surface area contributed by atoms with E-state index < -0.39 is 0 Å². The van der Waals surface area contributed by atoms with E-state index in [1.807, 2.05) is 37.5 Å². The van der Waals surface area contributed by atoms with Gasteiger partial charge in [0.05, 0.1) is 37.4 Å². The molecule has 0 bridgehead atoms. The molecule has 0 aliphatic heterocycles. The Morgan fingerprint density at radius 3 is 2.83 bits per heavy atom. The molecule has 0 saturated carbocycles. The first-order valence-corrected chi connectivity index (χ1v) is 9.97. The number of methoxy groups -OCH3 is 1. The number of carbonyl (C=O) groups excluding carboxylic acids is 1. The fourth-order valence-corrected chi connectivity index (χ4v) is 3.74. The minimum absolute atomic E-state index is 0.0175. The van der Waals surface area contributed by atoms with Gasteiger partial charge in [0, 0.05) is 29.6 Å². The molecule has 30 heavy (non-hydrogen) atoms. The summed E-state index contributed by atoms with van der Waals surface area (Å²) < 4.78 is 12.9. The summed E-state index contributed by atoms with van der Waals surface area (Å²) in [4.78, 5) is 32.7. The highest BCUT2D eigenvalue weighted by Gasteiger charge is 2.23. The molecule has 8 heteroatoms. The molecule has 3 heterocycles. The van der Waals surface area contributed by atoms with Crippen LogP contribution in [0.4, 0.5) is 0 Å². The van der Waals surface area contributed by atoms with E-state index in [9.17, 15) is 9.59 Å². The number of pyridine rings is 2. The number of hydrogen-bond acceptors (Lipinski definition) is 5. The molecule has 160 valence electrons. The smallest absolute Gasteiger partial charge is 0.256 e. The SMILES string of the molecule is CCOCC(C)n1c(C)c(C(=O)NCc2c(OC)cc(C)[nH]c2=O)c2cccnc21. The van der Waals surface area contributed by atoms with Crippen LogP contribution in [0.3, 0.4) is 0 Å². The van der Waals surface area contributed by atoms with Gasteiger partial charge in [-0.25, -0.2) is 4.98 Å². The first-order chi connectivity index (χ1) is 14.4. The van der Waals surface area contributed by atoms with Crippen molar-refractivity contribution < 1.29 is 14.3 Å². The largest absolute Gasteiger partial charge is 0.496 e. The maximum absolute atomic E-state index is 13.1. The lowest BCUT2D eigenvalue weighted by molar-refractivity contribution is 0.0950. The van der Waals surface area contributed by atoms with Crippen LogP contribution in [0, 0.1) is 13.8 Å². The van der Waals surface area contributed by atoms with Crippen LogP contribution in [-0.2, 0) is 11.3 Å². The Kier molecular flexibility index (Phi) is 6.56. The van der Waals surface area contributed by atoms with E-state index >= 15 is 0 Å². The second kappa shape index (κ2) is 9.13. The van der Waals surface area contributed by atoms with Crippen LogP contribution in [0.25, 0.3) is 11.0 Å². The van der Waals surface area contributed by atoms with E-state index in [0.29, 0.717) is 35.8 Å². The van der Waals surface area contributed by atoms with Gasteiger partial charge in [0.25, 0.3) is 11.5 Å². The second-order valence-corrected chi connectivity index (χ2v) is 7.22. The summed E-state index contributed by atoms with van der Waals surface area (Å²) in [5.74, 6) is 0.178. The molecule has 0 aliphatic carbocycles. The van der Waals surface area contributed by atoms with Crippen LogP contribution in [0.15, 0.2) is 29.2 Å². The maximum atomic E-state index is 13.1. The van der Waals surface area contributed by atoms with Crippen molar-refractivity contribution in [1.82, 2.24) is 19.9 Å². The number of nitrogens with one attached hydrogen (secondary N) is 2. The second-order valence-electron chi connectivity index (χ2n) is 7.22. The standard InChI is InChI=1S/C22H28N4O4/c1-6-30-12-14(3)26-15(4)19(16-8-7-9-23-20(16)26)22(28)24-11-17-18(29-5)10-13(2)25-21(17)27/h7-10,14H,6,11-12H2,1-5H3,(H,24,28)(H,25,27). The molecule has 0 saturated heterocycles. The van der Waals surface area contributed by atoms with Crippen molar-refractivity contribution >= 4 is 16.9 Å². The van der Waals surface area contributed by atoms with Crippen LogP contribution in [0.2, 0.25) is 0 Å². The third-order valence-electron chi connectivity index (χ3n) is 5.11. The molecule has 8 nitrogen and oxygen atoms in total. The number of ether oxygens (including phenoxy) is 2. The number of amides is 1. The number of aromatic amines is 1. The summed E-state index contributed by atoms with van der Waals surface area (Å²) in [6, 6.07) is 5.44. The van der Waals surface area contributed by atoms with Gasteiger partial charge in [-0.05, 0) is 45.9 Å². The lowest BCUT2D eigenvalue weighted by atomic mass is 10.1. The third kappa shape index (κ3) is 4.09. The van der Waals surface area contributed by atoms with Crippen molar-refractivity contribution in [2.75, 3.05) is 20.3 Å². The molecule has 0 fully saturated rings. The van der Waals surface area contributed by atoms with Crippen molar-refractivity contribution in [3.05, 3.63) is 57.3 Å². The number of aromatic nitrogens is 3. The van der Waals surface area contributed by atoms with Gasteiger partial charge in [0.2, 0.25) is 0 Å². The van der Waals surface area contributed by atoms with Crippen LogP contribution in [-0.4, -0.2) is 40.8 Å². The van der Waals surface area contributed by atoms with Gasteiger partial charge < -0.3 is 24.3 Å². The first-order valence-electron chi connectivity index (χ1n) is 9.97. The van der Waals surface area contributed by atoms with Gasteiger partial charge in [0.1, 0.15) is 11.4 Å². The predicted molar refractivity (Wildman–Crippen MR) is 115 cm³/mol. The summed E-state index contributed by atoms with van der Waals surface area (Å²) >= 11 is 0. The summed E-state index contributed by atoms with van der Waals surface area (Å²) in [6.07, 6.45) is 1.71. The Hall–Kier alpha value is -3.13. The number of nitrogens with zero attached hydrogens (tertiary/aromatic N) is 2. The number of rotatable bonds is 8. The number of H-pyrrole nitrogens is 1. The molecule has 3 aromatic heterocycles. The Bertz CT molecular complexity index is 1120. The average Bonchev–Trinajstić information content (AvgIpc) is 3.02. The molecular weight excluding hydrogens is 384 g/mol. The Labute approximate surface area is 175 Å². The number of aryl methyl sites for hydroxylation is 1. The summed E-state index contributed by atoms with van der Waals surface area (Å²) in [7, 11) is 1.50. The molecule has 1 atom stereocenters. The molecule has 0 radical (unpaired) electrons. The van der Waals surface area contributed by atoms with Crippen molar-refractivity contribution in [2.45, 2.75) is 40.3 Å². The Morgan fingerprint density at radius 1 is 1.37 bits per heavy atom. The molecule has 1 unspecified atom stereocenters. The van der Waals surface area contributed by atoms with E-state index in [1.54, 1.807) is 19.2 Å². The topological polar surface area (TPSA) is 98.2 Å². The van der Waals surface area contributed by atoms with Gasteiger partial charge in [-0.1, -0.05) is 0 Å². The average molecular weight is 412 g/mol. The lowest BCUT2D eigenvalue weighted by Crippen LogP contribution is -2.28. The zero-order valence-corrected chi connectivity index (χ0v) is 18.0. The summed E-state index contributed by atoms with van der Waals surface area (Å²) in [5.41, 5.74) is 2.87. The van der Waals surface area contributed by atoms with Crippen molar-refractivity contribution in [2.24, 2.45) is 0 Å². The van der Waals surface area contributed by atoms with E-state index in [-0.39, 0.29) is 24.1 Å². The van der Waals surface area contributed by atoms with Crippen LogP contribution < -0.4 is 15.6 Å². The molecule has 3 rings (SSSR count). The van der Waals surface area contributed by atoms with E-state index in [0.717, 1.165) is 16.7 Å². The minimum atomic E-state index is -0.279. The highest BCUT2D eigenvalue weighted by Crippen LogP contribution is 2.28. The van der Waals surface area contributed by atoms with E-state index in [2.05, 4.69) is 15.3 Å². The molecule has 0 aliphatic rings. The first kappa shape index (κ1) is 21.6. The van der Waals surface area contributed by atoms with Crippen LogP contribution in [0.1, 0.15) is 47.2 Å². The lowest BCUT2D eigenvalue weighted by Gasteiger charge is -2.17. The van der Waals surface area contributed by atoms with Gasteiger partial charge in [0.15, 0.2) is 0 Å². The van der Waals surface area contributed by atoms with Crippen LogP contribution in [0.5, 0.6) is 5.75 Å². The number of hydrogen-bond donors (Lipinski definition) is 2. The fraction of sp³-hybridized carbons (Fsp3) is 0.409. The normalized spacial score (nSPS) is 12.2. The predicted octanol–water partition coefficient (Wildman–Crippen LogP) is 2.88. The van der Waals surface area contributed by atoms with Gasteiger partial charge >= 0.3 is 0 Å². The molecule has 0 aromatic carbocycles. The third-order valence-corrected chi connectivity index (χ3v) is 5.11. The van der Waals surface area contributed by atoms with E-state index in [1.165, 1.54) is 7.11 Å². The fourth-order valence-electron chi connectivity index (χ4n) is 3.74. The summed E-state index contributed by atoms with van der Waals surface area (Å²) in [5, 5.41) is 3.63. The molecular formula is C22H28N4O4. The molecule has 0 spiro atoms. The zero-order chi connectivity index (χ0) is 21.8. The van der Waals surface area contributed by atoms with Crippen molar-refractivity contribution in [3.8, 4) is 5.75 Å². The molecule has 2 N–H and O–H groups in total. The van der Waals surface area contributed by atoms with Crippen LogP contribution >= 0.6 is 0 Å². The number of carbonyl (C=O) groups is 1. The minimum Gasteiger partial charge on any atom is -0.496 e. The van der Waals surface area contributed by atoms with E-state index in [4.69, 9.17) is 9.47 Å². The molecule has 1 amide bonds. The van der Waals surface area contributed by atoms with Crippen molar-refractivity contribution in [3.63, 3.8) is 0 Å². The zero-order valence-electron chi connectivity index (χ0n) is 18.0. The Morgan fingerprint density at radius 2 is 2.13 bits per heavy atom. The summed E-state index contributed by atoms with van der Waals surface area (Å²) in [6.45, 7) is 8.86. The van der Waals surface area contributed by atoms with Gasteiger partial charge in [-0.3, -0.25) is 9.59 Å². The van der Waals surface area contributed by atoms with Crippen molar-refractivity contribution in [1.29, 1.82) is 0 Å². The molecule has 3 aromatic rings. The highest BCUT2D eigenvalue weighted by atomic mass is 16.5. The van der Waals surface area contributed by atoms with Gasteiger partial charge in [-0.2, -0.15) is 0 Å². The monoisotopic (exact) mass is 412 g/mol. The quantitative estimate of drug-likeness (QED) is 0.593. The van der Waals surface area contributed by atoms with Gasteiger partial charge in [-0.15, -0.1) is 0 Å². The number of fused-ring (bicyclic) bond motifs is 1. The Balaban J connectivity index is 1.95. The maximum Gasteiger partial charge on any atom is 0.256 e. The highest BCUT2D eigenvalue weighted by molar-refractivity contribution is 6.07.